The maximum absolute atomic E-state index is 12.4. The maximum atomic E-state index is 12.4. The number of aryl methyl sites for hydroxylation is 2. The minimum atomic E-state index is -0.263. The topological polar surface area (TPSA) is 49.4 Å². The quantitative estimate of drug-likeness (QED) is 0.781. The summed E-state index contributed by atoms with van der Waals surface area (Å²) in [6.45, 7) is 4.62. The number of anilines is 1. The Bertz CT molecular complexity index is 704. The Labute approximate surface area is 149 Å². The highest BCUT2D eigenvalue weighted by Gasteiger charge is 2.16. The predicted octanol–water partition coefficient (Wildman–Crippen LogP) is 3.80. The molecule has 2 aromatic carbocycles. The number of para-hydroxylation sites is 1. The number of nitrogens with zero attached hydrogens (tertiary/aromatic N) is 1. The van der Waals surface area contributed by atoms with Gasteiger partial charge in [0.15, 0.2) is 0 Å². The molecule has 2 amide bonds. The molecule has 2 aromatic rings. The van der Waals surface area contributed by atoms with Crippen LogP contribution < -0.4 is 5.32 Å². The molecule has 0 aliphatic rings. The van der Waals surface area contributed by atoms with Crippen LogP contribution in [0.25, 0.3) is 0 Å². The van der Waals surface area contributed by atoms with Crippen molar-refractivity contribution in [1.82, 2.24) is 4.90 Å². The lowest BCUT2D eigenvalue weighted by molar-refractivity contribution is -0.134. The summed E-state index contributed by atoms with van der Waals surface area (Å²) in [4.78, 5) is 26.3. The van der Waals surface area contributed by atoms with Gasteiger partial charge in [0.05, 0.1) is 0 Å². The van der Waals surface area contributed by atoms with E-state index in [2.05, 4.69) is 19.2 Å². The van der Waals surface area contributed by atoms with Crippen LogP contribution >= 0.6 is 0 Å². The van der Waals surface area contributed by atoms with Gasteiger partial charge in [-0.25, -0.2) is 0 Å². The molecule has 0 spiro atoms. The van der Waals surface area contributed by atoms with Crippen molar-refractivity contribution < 1.29 is 9.59 Å². The summed E-state index contributed by atoms with van der Waals surface area (Å²) in [7, 11) is 1.72. The zero-order valence-corrected chi connectivity index (χ0v) is 15.2. The van der Waals surface area contributed by atoms with E-state index < -0.39 is 0 Å². The summed E-state index contributed by atoms with van der Waals surface area (Å²) < 4.78 is 0. The Morgan fingerprint density at radius 3 is 2.08 bits per heavy atom. The standard InChI is InChI=1S/C21H26N2O2/c1-4-17-12-9-13-18(5-2)21(17)22-19(24)14-20(25)23(3)15-16-10-7-6-8-11-16/h6-13H,4-5,14-15H2,1-3H3,(H,22,24). The fourth-order valence-corrected chi connectivity index (χ4v) is 2.80. The normalized spacial score (nSPS) is 10.4. The first-order chi connectivity index (χ1) is 12.0. The molecule has 0 saturated carbocycles. The second-order valence-electron chi connectivity index (χ2n) is 6.12. The Kier molecular flexibility index (Phi) is 6.75. The lowest BCUT2D eigenvalue weighted by atomic mass is 10.0. The average Bonchev–Trinajstić information content (AvgIpc) is 2.62. The van der Waals surface area contributed by atoms with E-state index >= 15 is 0 Å². The Hall–Kier alpha value is -2.62. The number of amides is 2. The molecule has 0 bridgehead atoms. The van der Waals surface area contributed by atoms with E-state index in [0.717, 1.165) is 35.2 Å². The minimum Gasteiger partial charge on any atom is -0.341 e. The van der Waals surface area contributed by atoms with Crippen LogP contribution in [0.2, 0.25) is 0 Å². The van der Waals surface area contributed by atoms with Crippen molar-refractivity contribution in [1.29, 1.82) is 0 Å². The number of nitrogens with one attached hydrogen (secondary N) is 1. The molecule has 1 N–H and O–H groups in total. The zero-order chi connectivity index (χ0) is 18.2. The molecule has 0 aromatic heterocycles. The first-order valence-electron chi connectivity index (χ1n) is 8.73. The lowest BCUT2D eigenvalue weighted by Gasteiger charge is -2.18. The van der Waals surface area contributed by atoms with Crippen molar-refractivity contribution in [2.45, 2.75) is 39.7 Å². The SMILES string of the molecule is CCc1cccc(CC)c1NC(=O)CC(=O)N(C)Cc1ccccc1. The molecule has 2 rings (SSSR count). The molecule has 0 fully saturated rings. The fourth-order valence-electron chi connectivity index (χ4n) is 2.80. The third-order valence-corrected chi connectivity index (χ3v) is 4.26. The molecule has 0 aliphatic heterocycles. The molecule has 0 heterocycles. The third kappa shape index (κ3) is 5.18. The monoisotopic (exact) mass is 338 g/mol. The van der Waals surface area contributed by atoms with Gasteiger partial charge >= 0.3 is 0 Å². The van der Waals surface area contributed by atoms with Gasteiger partial charge in [0.1, 0.15) is 6.42 Å². The number of benzene rings is 2. The van der Waals surface area contributed by atoms with E-state index in [0.29, 0.717) is 6.54 Å². The van der Waals surface area contributed by atoms with Crippen molar-refractivity contribution in [3.63, 3.8) is 0 Å². The van der Waals surface area contributed by atoms with Gasteiger partial charge in [-0.15, -0.1) is 0 Å². The van der Waals surface area contributed by atoms with Crippen molar-refractivity contribution >= 4 is 17.5 Å². The lowest BCUT2D eigenvalue weighted by Crippen LogP contribution is -2.30. The molecule has 4 nitrogen and oxygen atoms in total. The van der Waals surface area contributed by atoms with Crippen LogP contribution in [0.5, 0.6) is 0 Å². The summed E-state index contributed by atoms with van der Waals surface area (Å²) in [6.07, 6.45) is 1.53. The smallest absolute Gasteiger partial charge is 0.233 e. The van der Waals surface area contributed by atoms with Gasteiger partial charge < -0.3 is 10.2 Å². The molecular formula is C21H26N2O2. The van der Waals surface area contributed by atoms with E-state index in [1.54, 1.807) is 11.9 Å². The van der Waals surface area contributed by atoms with Crippen LogP contribution in [0.4, 0.5) is 5.69 Å². The molecule has 0 aliphatic carbocycles. The third-order valence-electron chi connectivity index (χ3n) is 4.26. The molecule has 25 heavy (non-hydrogen) atoms. The zero-order valence-electron chi connectivity index (χ0n) is 15.2. The Morgan fingerprint density at radius 2 is 1.52 bits per heavy atom. The summed E-state index contributed by atoms with van der Waals surface area (Å²) in [5, 5.41) is 2.94. The second kappa shape index (κ2) is 9.02. The molecule has 0 atom stereocenters. The van der Waals surface area contributed by atoms with Gasteiger partial charge in [-0.05, 0) is 29.5 Å². The maximum Gasteiger partial charge on any atom is 0.233 e. The number of carbonyl (C=O) groups is 2. The van der Waals surface area contributed by atoms with Crippen LogP contribution in [0.15, 0.2) is 48.5 Å². The van der Waals surface area contributed by atoms with Crippen LogP contribution in [0.3, 0.4) is 0 Å². The highest BCUT2D eigenvalue weighted by Crippen LogP contribution is 2.22. The molecule has 0 unspecified atom stereocenters. The molecular weight excluding hydrogens is 312 g/mol. The molecule has 132 valence electrons. The average molecular weight is 338 g/mol. The van der Waals surface area contributed by atoms with Gasteiger partial charge in [-0.3, -0.25) is 9.59 Å². The van der Waals surface area contributed by atoms with Crippen LogP contribution in [0, 0.1) is 0 Å². The number of rotatable bonds is 7. The minimum absolute atomic E-state index is 0.148. The van der Waals surface area contributed by atoms with Crippen molar-refractivity contribution in [2.75, 3.05) is 12.4 Å². The Morgan fingerprint density at radius 1 is 0.920 bits per heavy atom. The largest absolute Gasteiger partial charge is 0.341 e. The second-order valence-corrected chi connectivity index (χ2v) is 6.12. The molecule has 4 heteroatoms. The van der Waals surface area contributed by atoms with Gasteiger partial charge in [0.2, 0.25) is 11.8 Å². The first-order valence-corrected chi connectivity index (χ1v) is 8.73. The molecule has 0 radical (unpaired) electrons. The summed E-state index contributed by atoms with van der Waals surface area (Å²) in [5.41, 5.74) is 4.09. The Balaban J connectivity index is 1.99. The number of hydrogen-bond acceptors (Lipinski definition) is 2. The van der Waals surface area contributed by atoms with Crippen molar-refractivity contribution in [2.24, 2.45) is 0 Å². The first kappa shape index (κ1) is 18.7. The van der Waals surface area contributed by atoms with Gasteiger partial charge in [0, 0.05) is 19.3 Å². The van der Waals surface area contributed by atoms with Crippen LogP contribution in [-0.4, -0.2) is 23.8 Å². The summed E-state index contributed by atoms with van der Waals surface area (Å²) in [5.74, 6) is -0.450. The number of carbonyl (C=O) groups excluding carboxylic acids is 2. The highest BCUT2D eigenvalue weighted by atomic mass is 16.2. The van der Waals surface area contributed by atoms with Gasteiger partial charge in [-0.1, -0.05) is 62.4 Å². The predicted molar refractivity (Wildman–Crippen MR) is 101 cm³/mol. The number of hydrogen-bond donors (Lipinski definition) is 1. The van der Waals surface area contributed by atoms with E-state index in [4.69, 9.17) is 0 Å². The van der Waals surface area contributed by atoms with Crippen LogP contribution in [0.1, 0.15) is 37.0 Å². The van der Waals surface area contributed by atoms with E-state index in [1.165, 1.54) is 0 Å². The fraction of sp³-hybridized carbons (Fsp3) is 0.333. The van der Waals surface area contributed by atoms with Gasteiger partial charge in [0.25, 0.3) is 0 Å². The van der Waals surface area contributed by atoms with Crippen LogP contribution in [-0.2, 0) is 29.0 Å². The van der Waals surface area contributed by atoms with Crippen molar-refractivity contribution in [3.05, 3.63) is 65.2 Å². The van der Waals surface area contributed by atoms with E-state index in [9.17, 15) is 9.59 Å². The van der Waals surface area contributed by atoms with Gasteiger partial charge in [-0.2, -0.15) is 0 Å². The summed E-state index contributed by atoms with van der Waals surface area (Å²) >= 11 is 0. The summed E-state index contributed by atoms with van der Waals surface area (Å²) in [6, 6.07) is 15.8. The highest BCUT2D eigenvalue weighted by molar-refractivity contribution is 6.04. The van der Waals surface area contributed by atoms with E-state index in [-0.39, 0.29) is 18.2 Å². The molecule has 0 saturated heterocycles. The van der Waals surface area contributed by atoms with Crippen molar-refractivity contribution in [3.8, 4) is 0 Å². The van der Waals surface area contributed by atoms with E-state index in [1.807, 2.05) is 48.5 Å².